The number of likely N-dealkylation sites (tertiary alicyclic amines) is 1. The van der Waals surface area contributed by atoms with Gasteiger partial charge in [0.2, 0.25) is 16.9 Å². The Morgan fingerprint density at radius 3 is 2.28 bits per heavy atom. The molecule has 0 atom stereocenters. The average molecular weight is 417 g/mol. The minimum Gasteiger partial charge on any atom is -0.343 e. The summed E-state index contributed by atoms with van der Waals surface area (Å²) in [6.45, 7) is 3.40. The van der Waals surface area contributed by atoms with Crippen LogP contribution in [-0.4, -0.2) is 40.0 Å². The Morgan fingerprint density at radius 1 is 1.07 bits per heavy atom. The van der Waals surface area contributed by atoms with Crippen LogP contribution in [0.25, 0.3) is 0 Å². The molecule has 5 fully saturated rings. The van der Waals surface area contributed by atoms with Crippen LogP contribution >= 0.6 is 11.3 Å². The SMILES string of the molecule is CCCC(=O)N1CCC(C(=O)Nc2nnc(C34CC5CC(CC(C5)C3)C4)s2)CC1. The number of hydrogen-bond acceptors (Lipinski definition) is 5. The summed E-state index contributed by atoms with van der Waals surface area (Å²) >= 11 is 1.61. The molecule has 0 radical (unpaired) electrons. The van der Waals surface area contributed by atoms with Gasteiger partial charge in [0.1, 0.15) is 5.01 Å². The van der Waals surface area contributed by atoms with Gasteiger partial charge >= 0.3 is 0 Å². The predicted molar refractivity (Wildman–Crippen MR) is 113 cm³/mol. The van der Waals surface area contributed by atoms with Gasteiger partial charge in [-0.05, 0) is 75.5 Å². The lowest BCUT2D eigenvalue weighted by Crippen LogP contribution is -2.48. The first-order valence-electron chi connectivity index (χ1n) is 11.5. The number of amides is 2. The number of carbonyl (C=O) groups is 2. The van der Waals surface area contributed by atoms with E-state index in [0.29, 0.717) is 24.6 Å². The third-order valence-corrected chi connectivity index (χ3v) is 8.91. The molecule has 7 heteroatoms. The first kappa shape index (κ1) is 19.5. The Balaban J connectivity index is 1.19. The Bertz CT molecular complexity index is 748. The smallest absolute Gasteiger partial charge is 0.229 e. The molecular weight excluding hydrogens is 384 g/mol. The molecule has 0 unspecified atom stereocenters. The van der Waals surface area contributed by atoms with Crippen molar-refractivity contribution in [3.05, 3.63) is 5.01 Å². The van der Waals surface area contributed by atoms with Crippen molar-refractivity contribution in [1.82, 2.24) is 15.1 Å². The van der Waals surface area contributed by atoms with Crippen molar-refractivity contribution in [3.63, 3.8) is 0 Å². The highest BCUT2D eigenvalue weighted by Gasteiger charge is 2.53. The second-order valence-corrected chi connectivity index (χ2v) is 11.0. The summed E-state index contributed by atoms with van der Waals surface area (Å²) in [7, 11) is 0. The second kappa shape index (κ2) is 7.64. The zero-order chi connectivity index (χ0) is 20.0. The molecule has 4 saturated carbocycles. The third kappa shape index (κ3) is 3.71. The molecule has 1 aliphatic heterocycles. The van der Waals surface area contributed by atoms with E-state index in [-0.39, 0.29) is 23.1 Å². The van der Waals surface area contributed by atoms with Gasteiger partial charge in [-0.15, -0.1) is 10.2 Å². The average Bonchev–Trinajstić information content (AvgIpc) is 3.17. The van der Waals surface area contributed by atoms with Gasteiger partial charge in [0, 0.05) is 30.8 Å². The topological polar surface area (TPSA) is 75.2 Å². The fourth-order valence-corrected chi connectivity index (χ4v) is 7.80. The maximum absolute atomic E-state index is 12.8. The quantitative estimate of drug-likeness (QED) is 0.788. The van der Waals surface area contributed by atoms with E-state index in [1.54, 1.807) is 11.3 Å². The van der Waals surface area contributed by atoms with E-state index in [1.807, 2.05) is 11.8 Å². The van der Waals surface area contributed by atoms with Gasteiger partial charge in [-0.3, -0.25) is 9.59 Å². The van der Waals surface area contributed by atoms with Crippen LogP contribution in [0.3, 0.4) is 0 Å². The summed E-state index contributed by atoms with van der Waals surface area (Å²) in [4.78, 5) is 26.7. The predicted octanol–water partition coefficient (Wildman–Crippen LogP) is 3.98. The number of piperidine rings is 1. The molecule has 158 valence electrons. The lowest BCUT2D eigenvalue weighted by Gasteiger charge is -2.55. The summed E-state index contributed by atoms with van der Waals surface area (Å²) in [5.74, 6) is 2.86. The van der Waals surface area contributed by atoms with Crippen molar-refractivity contribution in [1.29, 1.82) is 0 Å². The van der Waals surface area contributed by atoms with Crippen molar-refractivity contribution < 1.29 is 9.59 Å². The van der Waals surface area contributed by atoms with Crippen LogP contribution in [0.2, 0.25) is 0 Å². The lowest BCUT2D eigenvalue weighted by molar-refractivity contribution is -0.134. The van der Waals surface area contributed by atoms with Crippen molar-refractivity contribution >= 4 is 28.3 Å². The lowest BCUT2D eigenvalue weighted by atomic mass is 9.50. The molecule has 4 aliphatic carbocycles. The largest absolute Gasteiger partial charge is 0.343 e. The van der Waals surface area contributed by atoms with Gasteiger partial charge in [0.25, 0.3) is 0 Å². The number of carbonyl (C=O) groups excluding carboxylic acids is 2. The highest BCUT2D eigenvalue weighted by molar-refractivity contribution is 7.15. The van der Waals surface area contributed by atoms with Crippen LogP contribution in [0.1, 0.15) is 76.1 Å². The van der Waals surface area contributed by atoms with E-state index in [2.05, 4.69) is 15.5 Å². The first-order chi connectivity index (χ1) is 14.0. The van der Waals surface area contributed by atoms with Crippen LogP contribution in [0.15, 0.2) is 0 Å². The summed E-state index contributed by atoms with van der Waals surface area (Å²) in [5, 5.41) is 13.8. The number of nitrogens with zero attached hydrogens (tertiary/aromatic N) is 3. The molecule has 1 N–H and O–H groups in total. The minimum absolute atomic E-state index is 0.0347. The maximum Gasteiger partial charge on any atom is 0.229 e. The Labute approximate surface area is 176 Å². The van der Waals surface area contributed by atoms with Gasteiger partial charge in [0.05, 0.1) is 0 Å². The van der Waals surface area contributed by atoms with Crippen molar-refractivity contribution in [2.45, 2.75) is 76.5 Å². The van der Waals surface area contributed by atoms with E-state index in [1.165, 1.54) is 38.5 Å². The fourth-order valence-electron chi connectivity index (χ4n) is 6.83. The van der Waals surface area contributed by atoms with Crippen molar-refractivity contribution in [3.8, 4) is 0 Å². The fraction of sp³-hybridized carbons (Fsp3) is 0.818. The van der Waals surface area contributed by atoms with Gasteiger partial charge < -0.3 is 10.2 Å². The van der Waals surface area contributed by atoms with E-state index in [0.717, 1.165) is 42.0 Å². The summed E-state index contributed by atoms with van der Waals surface area (Å²) < 4.78 is 0. The van der Waals surface area contributed by atoms with E-state index < -0.39 is 0 Å². The molecule has 2 amide bonds. The number of nitrogens with one attached hydrogen (secondary N) is 1. The van der Waals surface area contributed by atoms with Crippen LogP contribution in [-0.2, 0) is 15.0 Å². The molecule has 6 rings (SSSR count). The minimum atomic E-state index is -0.0347. The number of anilines is 1. The molecule has 6 nitrogen and oxygen atoms in total. The van der Waals surface area contributed by atoms with Crippen LogP contribution in [0, 0.1) is 23.7 Å². The van der Waals surface area contributed by atoms with Gasteiger partial charge in [-0.2, -0.15) is 0 Å². The molecule has 5 aliphatic rings. The van der Waals surface area contributed by atoms with Gasteiger partial charge in [-0.25, -0.2) is 0 Å². The molecule has 1 saturated heterocycles. The van der Waals surface area contributed by atoms with E-state index in [9.17, 15) is 9.59 Å². The molecule has 1 aromatic rings. The Kier molecular flexibility index (Phi) is 5.13. The van der Waals surface area contributed by atoms with Crippen LogP contribution < -0.4 is 5.32 Å². The molecule has 0 spiro atoms. The standard InChI is InChI=1S/C22H32N4O2S/c1-2-3-18(27)26-6-4-17(5-7-26)19(28)23-21-25-24-20(29-21)22-11-14-8-15(12-22)10-16(9-14)13-22/h14-17H,2-13H2,1H3,(H,23,25,28). The highest BCUT2D eigenvalue weighted by atomic mass is 32.1. The molecule has 29 heavy (non-hydrogen) atoms. The molecule has 1 aromatic heterocycles. The van der Waals surface area contributed by atoms with Crippen LogP contribution in [0.5, 0.6) is 0 Å². The molecular formula is C22H32N4O2S. The van der Waals surface area contributed by atoms with E-state index in [4.69, 9.17) is 0 Å². The van der Waals surface area contributed by atoms with Crippen molar-refractivity contribution in [2.24, 2.45) is 23.7 Å². The summed E-state index contributed by atoms with van der Waals surface area (Å²) in [6.07, 6.45) is 11.0. The number of rotatable bonds is 5. The molecule has 0 aromatic carbocycles. The highest BCUT2D eigenvalue weighted by Crippen LogP contribution is 2.61. The molecule has 4 bridgehead atoms. The Hall–Kier alpha value is -1.50. The summed E-state index contributed by atoms with van der Waals surface area (Å²) in [5.41, 5.74) is 0.236. The van der Waals surface area contributed by atoms with Gasteiger partial charge in [0.15, 0.2) is 0 Å². The monoisotopic (exact) mass is 416 g/mol. The van der Waals surface area contributed by atoms with E-state index >= 15 is 0 Å². The third-order valence-electron chi connectivity index (χ3n) is 7.83. The first-order valence-corrected chi connectivity index (χ1v) is 12.3. The maximum atomic E-state index is 12.8. The zero-order valence-electron chi connectivity index (χ0n) is 17.4. The summed E-state index contributed by atoms with van der Waals surface area (Å²) in [6, 6.07) is 0. The normalized spacial score (nSPS) is 33.8. The van der Waals surface area contributed by atoms with Gasteiger partial charge in [-0.1, -0.05) is 18.3 Å². The number of aromatic nitrogens is 2. The Morgan fingerprint density at radius 2 is 1.69 bits per heavy atom. The van der Waals surface area contributed by atoms with Crippen molar-refractivity contribution in [2.75, 3.05) is 18.4 Å². The number of hydrogen-bond donors (Lipinski definition) is 1. The molecule has 2 heterocycles. The zero-order valence-corrected chi connectivity index (χ0v) is 18.2. The van der Waals surface area contributed by atoms with Crippen LogP contribution in [0.4, 0.5) is 5.13 Å². The second-order valence-electron chi connectivity index (χ2n) is 10.0.